The first-order chi connectivity index (χ1) is 7.46. The Morgan fingerprint density at radius 2 is 2.12 bits per heavy atom. The summed E-state index contributed by atoms with van der Waals surface area (Å²) >= 11 is 0. The number of aliphatic carboxylic acids is 1. The van der Waals surface area contributed by atoms with Crippen molar-refractivity contribution in [2.24, 2.45) is 5.41 Å². The second kappa shape index (κ2) is 7.63. The van der Waals surface area contributed by atoms with Crippen molar-refractivity contribution in [3.63, 3.8) is 0 Å². The minimum absolute atomic E-state index is 0.597. The lowest BCUT2D eigenvalue weighted by Gasteiger charge is -2.29. The molecular weight excluding hydrogens is 206 g/mol. The molecule has 4 nitrogen and oxygen atoms in total. The van der Waals surface area contributed by atoms with E-state index in [1.165, 1.54) is 0 Å². The second-order valence-corrected chi connectivity index (χ2v) is 4.70. The van der Waals surface area contributed by atoms with Gasteiger partial charge in [0.15, 0.2) is 0 Å². The molecule has 0 saturated heterocycles. The lowest BCUT2D eigenvalue weighted by molar-refractivity contribution is -0.149. The van der Waals surface area contributed by atoms with Gasteiger partial charge in [-0.25, -0.2) is 0 Å². The van der Waals surface area contributed by atoms with Crippen LogP contribution in [0.2, 0.25) is 0 Å². The molecule has 96 valence electrons. The highest BCUT2D eigenvalue weighted by molar-refractivity contribution is 5.74. The minimum atomic E-state index is -0.701. The van der Waals surface area contributed by atoms with Crippen molar-refractivity contribution in [2.45, 2.75) is 33.1 Å². The molecule has 1 N–H and O–H groups in total. The van der Waals surface area contributed by atoms with Gasteiger partial charge < -0.3 is 14.7 Å². The highest BCUT2D eigenvalue weighted by Crippen LogP contribution is 2.24. The van der Waals surface area contributed by atoms with Gasteiger partial charge in [-0.15, -0.1) is 0 Å². The smallest absolute Gasteiger partial charge is 0.310 e. The molecule has 16 heavy (non-hydrogen) atoms. The molecule has 0 aromatic rings. The third-order valence-electron chi connectivity index (χ3n) is 2.83. The van der Waals surface area contributed by atoms with Crippen LogP contribution >= 0.6 is 0 Å². The molecule has 0 radical (unpaired) electrons. The van der Waals surface area contributed by atoms with E-state index < -0.39 is 11.4 Å². The van der Waals surface area contributed by atoms with Crippen molar-refractivity contribution in [2.75, 3.05) is 33.9 Å². The van der Waals surface area contributed by atoms with E-state index >= 15 is 0 Å². The summed E-state index contributed by atoms with van der Waals surface area (Å²) < 4.78 is 4.97. The van der Waals surface area contributed by atoms with Gasteiger partial charge in [-0.2, -0.15) is 0 Å². The van der Waals surface area contributed by atoms with Gasteiger partial charge in [-0.3, -0.25) is 4.79 Å². The van der Waals surface area contributed by atoms with Crippen LogP contribution < -0.4 is 0 Å². The lowest BCUT2D eigenvalue weighted by Crippen LogP contribution is -2.40. The Balaban J connectivity index is 4.13. The summed E-state index contributed by atoms with van der Waals surface area (Å²) in [4.78, 5) is 13.3. The van der Waals surface area contributed by atoms with Crippen LogP contribution in [0.1, 0.15) is 33.1 Å². The number of rotatable bonds is 9. The fraction of sp³-hybridized carbons (Fsp3) is 0.917. The summed E-state index contributed by atoms with van der Waals surface area (Å²) in [6.07, 6.45) is 2.56. The predicted molar refractivity (Wildman–Crippen MR) is 64.6 cm³/mol. The molecule has 0 aromatic carbocycles. The molecule has 0 aliphatic rings. The van der Waals surface area contributed by atoms with E-state index in [1.807, 2.05) is 20.9 Å². The monoisotopic (exact) mass is 231 g/mol. The van der Waals surface area contributed by atoms with Crippen LogP contribution in [0.15, 0.2) is 0 Å². The molecule has 4 heteroatoms. The summed E-state index contributed by atoms with van der Waals surface area (Å²) in [6, 6.07) is 0. The third kappa shape index (κ3) is 5.47. The minimum Gasteiger partial charge on any atom is -0.481 e. The molecule has 0 aliphatic heterocycles. The van der Waals surface area contributed by atoms with Crippen LogP contribution in [-0.4, -0.2) is 49.8 Å². The molecule has 0 amide bonds. The van der Waals surface area contributed by atoms with E-state index in [0.29, 0.717) is 6.54 Å². The van der Waals surface area contributed by atoms with Gasteiger partial charge in [0.2, 0.25) is 0 Å². The van der Waals surface area contributed by atoms with Crippen LogP contribution in [0.3, 0.4) is 0 Å². The Labute approximate surface area is 98.6 Å². The van der Waals surface area contributed by atoms with Crippen LogP contribution in [0, 0.1) is 5.41 Å². The third-order valence-corrected chi connectivity index (χ3v) is 2.83. The summed E-state index contributed by atoms with van der Waals surface area (Å²) in [5.74, 6) is -0.701. The number of ether oxygens (including phenoxy) is 1. The first-order valence-corrected chi connectivity index (χ1v) is 5.87. The maximum atomic E-state index is 11.2. The van der Waals surface area contributed by atoms with Crippen LogP contribution in [-0.2, 0) is 9.53 Å². The highest BCUT2D eigenvalue weighted by Gasteiger charge is 2.33. The van der Waals surface area contributed by atoms with Crippen molar-refractivity contribution in [3.8, 4) is 0 Å². The van der Waals surface area contributed by atoms with Crippen LogP contribution in [0.25, 0.3) is 0 Å². The Morgan fingerprint density at radius 1 is 1.50 bits per heavy atom. The number of hydrogen-bond donors (Lipinski definition) is 1. The average Bonchev–Trinajstić information content (AvgIpc) is 2.18. The molecule has 1 atom stereocenters. The summed E-state index contributed by atoms with van der Waals surface area (Å²) in [7, 11) is 3.64. The van der Waals surface area contributed by atoms with Crippen LogP contribution in [0.4, 0.5) is 0 Å². The molecule has 0 saturated carbocycles. The first-order valence-electron chi connectivity index (χ1n) is 5.87. The largest absolute Gasteiger partial charge is 0.481 e. The zero-order chi connectivity index (χ0) is 12.6. The topological polar surface area (TPSA) is 49.8 Å². The van der Waals surface area contributed by atoms with Crippen molar-refractivity contribution < 1.29 is 14.6 Å². The molecule has 0 aromatic heterocycles. The van der Waals surface area contributed by atoms with Gasteiger partial charge in [0.1, 0.15) is 0 Å². The van der Waals surface area contributed by atoms with Crippen molar-refractivity contribution in [3.05, 3.63) is 0 Å². The maximum Gasteiger partial charge on any atom is 0.310 e. The first kappa shape index (κ1) is 15.4. The van der Waals surface area contributed by atoms with Crippen molar-refractivity contribution >= 4 is 5.97 Å². The number of carbonyl (C=O) groups is 1. The van der Waals surface area contributed by atoms with Gasteiger partial charge >= 0.3 is 5.97 Å². The fourth-order valence-electron chi connectivity index (χ4n) is 1.96. The Morgan fingerprint density at radius 3 is 2.56 bits per heavy atom. The highest BCUT2D eigenvalue weighted by atomic mass is 16.5. The molecule has 0 aliphatic carbocycles. The fourth-order valence-corrected chi connectivity index (χ4v) is 1.96. The molecule has 0 fully saturated rings. The van der Waals surface area contributed by atoms with E-state index in [4.69, 9.17) is 4.74 Å². The van der Waals surface area contributed by atoms with Crippen molar-refractivity contribution in [1.82, 2.24) is 4.90 Å². The SMILES string of the molecule is CCCC(C)(CN(C)CCCOC)C(=O)O. The second-order valence-electron chi connectivity index (χ2n) is 4.70. The standard InChI is InChI=1S/C12H25NO3/c1-5-7-12(2,11(14)15)10-13(3)8-6-9-16-4/h5-10H2,1-4H3,(H,14,15). The number of carboxylic acid groups (broad SMARTS) is 1. The molecule has 0 heterocycles. The van der Waals surface area contributed by atoms with Gasteiger partial charge in [0.05, 0.1) is 5.41 Å². The quantitative estimate of drug-likeness (QED) is 0.615. The summed E-state index contributed by atoms with van der Waals surface area (Å²) in [5.41, 5.74) is -0.628. The molecule has 0 spiro atoms. The van der Waals surface area contributed by atoms with Gasteiger partial charge in [0.25, 0.3) is 0 Å². The summed E-state index contributed by atoms with van der Waals surface area (Å²) in [6.45, 7) is 6.04. The van der Waals surface area contributed by atoms with E-state index in [0.717, 1.165) is 32.4 Å². The summed E-state index contributed by atoms with van der Waals surface area (Å²) in [5, 5.41) is 9.23. The molecule has 0 bridgehead atoms. The van der Waals surface area contributed by atoms with E-state index in [9.17, 15) is 9.90 Å². The average molecular weight is 231 g/mol. The van der Waals surface area contributed by atoms with Gasteiger partial charge in [-0.1, -0.05) is 13.3 Å². The van der Waals surface area contributed by atoms with E-state index in [-0.39, 0.29) is 0 Å². The van der Waals surface area contributed by atoms with Crippen molar-refractivity contribution in [1.29, 1.82) is 0 Å². The Hall–Kier alpha value is -0.610. The molecule has 1 unspecified atom stereocenters. The zero-order valence-electron chi connectivity index (χ0n) is 11.0. The van der Waals surface area contributed by atoms with Gasteiger partial charge in [0, 0.05) is 26.8 Å². The predicted octanol–water partition coefficient (Wildman–Crippen LogP) is 1.85. The van der Waals surface area contributed by atoms with E-state index in [1.54, 1.807) is 7.11 Å². The number of carboxylic acids is 1. The number of methoxy groups -OCH3 is 1. The Bertz CT molecular complexity index is 208. The molecular formula is C12H25NO3. The molecule has 0 rings (SSSR count). The van der Waals surface area contributed by atoms with E-state index in [2.05, 4.69) is 4.90 Å². The number of nitrogens with zero attached hydrogens (tertiary/aromatic N) is 1. The lowest BCUT2D eigenvalue weighted by atomic mass is 9.85. The number of hydrogen-bond acceptors (Lipinski definition) is 3. The normalized spacial score (nSPS) is 15.1. The van der Waals surface area contributed by atoms with Gasteiger partial charge in [-0.05, 0) is 26.8 Å². The Kier molecular flexibility index (Phi) is 7.34. The van der Waals surface area contributed by atoms with Crippen LogP contribution in [0.5, 0.6) is 0 Å². The maximum absolute atomic E-state index is 11.2. The zero-order valence-corrected chi connectivity index (χ0v) is 11.0.